The summed E-state index contributed by atoms with van der Waals surface area (Å²) in [5.74, 6) is 0.0751. The molecule has 128 valence electrons. The number of aromatic nitrogens is 1. The quantitative estimate of drug-likeness (QED) is 0.586. The van der Waals surface area contributed by atoms with Crippen molar-refractivity contribution in [2.24, 2.45) is 0 Å². The molecule has 10 heteroatoms. The molecule has 2 rings (SSSR count). The first-order chi connectivity index (χ1) is 11.4. The average molecular weight is 372 g/mol. The molecule has 24 heavy (non-hydrogen) atoms. The summed E-state index contributed by atoms with van der Waals surface area (Å²) in [6.45, 7) is 0. The van der Waals surface area contributed by atoms with Crippen molar-refractivity contribution in [2.45, 2.75) is 4.90 Å². The first-order valence-corrected chi connectivity index (χ1v) is 8.39. The monoisotopic (exact) mass is 371 g/mol. The van der Waals surface area contributed by atoms with Crippen molar-refractivity contribution in [1.29, 1.82) is 0 Å². The molecule has 0 fully saturated rings. The zero-order valence-electron chi connectivity index (χ0n) is 12.7. The Hall–Kier alpha value is -2.36. The molecule has 8 nitrogen and oxygen atoms in total. The van der Waals surface area contributed by atoms with Crippen molar-refractivity contribution in [1.82, 2.24) is 15.2 Å². The topological polar surface area (TPSA) is 107 Å². The maximum atomic E-state index is 12.1. The van der Waals surface area contributed by atoms with Crippen LogP contribution in [0.4, 0.5) is 0 Å². The van der Waals surface area contributed by atoms with Gasteiger partial charge in [0, 0.05) is 17.8 Å². The first-order valence-electron chi connectivity index (χ1n) is 6.53. The van der Waals surface area contributed by atoms with Crippen molar-refractivity contribution >= 4 is 27.5 Å². The predicted octanol–water partition coefficient (Wildman–Crippen LogP) is 1.38. The molecule has 0 aliphatic rings. The first kappa shape index (κ1) is 18.0. The zero-order chi connectivity index (χ0) is 17.7. The van der Waals surface area contributed by atoms with Crippen LogP contribution in [0.25, 0.3) is 0 Å². The van der Waals surface area contributed by atoms with Crippen LogP contribution in [0.1, 0.15) is 10.4 Å². The van der Waals surface area contributed by atoms with Gasteiger partial charge in [-0.1, -0.05) is 11.6 Å². The Labute approximate surface area is 143 Å². The number of rotatable bonds is 6. The van der Waals surface area contributed by atoms with E-state index in [0.717, 1.165) is 0 Å². The maximum Gasteiger partial charge on any atom is 0.266 e. The number of carbonyl (C=O) groups excluding carboxylic acids is 1. The van der Waals surface area contributed by atoms with Gasteiger partial charge in [-0.05, 0) is 24.3 Å². The largest absolute Gasteiger partial charge is 0.497 e. The highest BCUT2D eigenvalue weighted by atomic mass is 35.5. The van der Waals surface area contributed by atoms with Crippen molar-refractivity contribution in [3.8, 4) is 11.5 Å². The van der Waals surface area contributed by atoms with E-state index in [-0.39, 0.29) is 15.6 Å². The van der Waals surface area contributed by atoms with Gasteiger partial charge in [0.15, 0.2) is 0 Å². The summed E-state index contributed by atoms with van der Waals surface area (Å²) in [4.78, 5) is 17.5. The summed E-state index contributed by atoms with van der Waals surface area (Å²) in [5, 5.41) is -0.206. The number of amides is 1. The third kappa shape index (κ3) is 4.13. The number of nitrogens with zero attached hydrogens (tertiary/aromatic N) is 1. The Morgan fingerprint density at radius 1 is 1.17 bits per heavy atom. The van der Waals surface area contributed by atoms with E-state index in [1.54, 1.807) is 6.07 Å². The Balaban J connectivity index is 2.17. The fraction of sp³-hybridized carbons (Fsp3) is 0.143. The number of benzene rings is 1. The summed E-state index contributed by atoms with van der Waals surface area (Å²) in [6, 6.07) is 7.12. The second-order valence-electron chi connectivity index (χ2n) is 4.45. The van der Waals surface area contributed by atoms with Crippen molar-refractivity contribution in [3.05, 3.63) is 47.2 Å². The van der Waals surface area contributed by atoms with Crippen LogP contribution in [0.15, 0.2) is 41.4 Å². The molecule has 2 aromatic rings. The minimum atomic E-state index is -4.06. The molecule has 0 radical (unpaired) electrons. The van der Waals surface area contributed by atoms with Crippen LogP contribution in [0.3, 0.4) is 0 Å². The van der Waals surface area contributed by atoms with Gasteiger partial charge in [-0.2, -0.15) is 0 Å². The lowest BCUT2D eigenvalue weighted by Crippen LogP contribution is -2.41. The lowest BCUT2D eigenvalue weighted by Gasteiger charge is -2.11. The summed E-state index contributed by atoms with van der Waals surface area (Å²) in [6.07, 6.45) is 1.35. The van der Waals surface area contributed by atoms with Crippen LogP contribution in [0, 0.1) is 0 Å². The minimum Gasteiger partial charge on any atom is -0.497 e. The van der Waals surface area contributed by atoms with E-state index in [1.165, 1.54) is 44.7 Å². The molecule has 0 bridgehead atoms. The van der Waals surface area contributed by atoms with Crippen LogP contribution < -0.4 is 19.7 Å². The van der Waals surface area contributed by atoms with Gasteiger partial charge in [-0.15, -0.1) is 4.83 Å². The standard InChI is InChI=1S/C14H14ClN3O5S/c1-22-10-6-9(7-11(8-10)23-2)14(19)17-18-24(20,21)12-4-3-5-16-13(12)15/h3-8,18H,1-2H3,(H,17,19). The van der Waals surface area contributed by atoms with Gasteiger partial charge in [-0.3, -0.25) is 10.2 Å². The third-order valence-corrected chi connectivity index (χ3v) is 4.62. The number of pyridine rings is 1. The van der Waals surface area contributed by atoms with Crippen molar-refractivity contribution in [2.75, 3.05) is 14.2 Å². The zero-order valence-corrected chi connectivity index (χ0v) is 14.3. The van der Waals surface area contributed by atoms with Gasteiger partial charge in [-0.25, -0.2) is 13.4 Å². The third-order valence-electron chi connectivity index (χ3n) is 2.93. The molecule has 0 aliphatic carbocycles. The molecular formula is C14H14ClN3O5S. The van der Waals surface area contributed by atoms with Gasteiger partial charge in [0.1, 0.15) is 21.5 Å². The molecule has 0 atom stereocenters. The van der Waals surface area contributed by atoms with E-state index < -0.39 is 15.9 Å². The van der Waals surface area contributed by atoms with Crippen molar-refractivity contribution < 1.29 is 22.7 Å². The van der Waals surface area contributed by atoms with E-state index >= 15 is 0 Å². The summed E-state index contributed by atoms with van der Waals surface area (Å²) in [7, 11) is -1.20. The summed E-state index contributed by atoms with van der Waals surface area (Å²) < 4.78 is 34.4. The number of nitrogens with one attached hydrogen (secondary N) is 2. The molecule has 0 saturated carbocycles. The fourth-order valence-electron chi connectivity index (χ4n) is 1.75. The van der Waals surface area contributed by atoms with Crippen LogP contribution >= 0.6 is 11.6 Å². The molecule has 0 saturated heterocycles. The number of sulfonamides is 1. The average Bonchev–Trinajstić information content (AvgIpc) is 2.59. The number of hydrogen-bond donors (Lipinski definition) is 2. The van der Waals surface area contributed by atoms with Crippen molar-refractivity contribution in [3.63, 3.8) is 0 Å². The molecule has 2 N–H and O–H groups in total. The lowest BCUT2D eigenvalue weighted by atomic mass is 10.2. The molecule has 1 aromatic carbocycles. The molecule has 0 aliphatic heterocycles. The van der Waals surface area contributed by atoms with Crippen LogP contribution in [-0.2, 0) is 10.0 Å². The highest BCUT2D eigenvalue weighted by molar-refractivity contribution is 7.89. The molecular weight excluding hydrogens is 358 g/mol. The summed E-state index contributed by atoms with van der Waals surface area (Å²) >= 11 is 5.74. The normalized spacial score (nSPS) is 11.0. The second-order valence-corrected chi connectivity index (χ2v) is 6.46. The van der Waals surface area contributed by atoms with Gasteiger partial charge >= 0.3 is 0 Å². The van der Waals surface area contributed by atoms with E-state index in [9.17, 15) is 13.2 Å². The predicted molar refractivity (Wildman–Crippen MR) is 86.6 cm³/mol. The number of methoxy groups -OCH3 is 2. The Morgan fingerprint density at radius 3 is 2.33 bits per heavy atom. The number of hydrazine groups is 1. The number of halogens is 1. The van der Waals surface area contributed by atoms with E-state index in [0.29, 0.717) is 11.5 Å². The Kier molecular flexibility index (Phi) is 5.60. The minimum absolute atomic E-state index is 0.145. The highest BCUT2D eigenvalue weighted by Crippen LogP contribution is 2.22. The smallest absolute Gasteiger partial charge is 0.266 e. The molecule has 1 amide bonds. The Bertz CT molecular complexity index is 835. The number of hydrogen-bond acceptors (Lipinski definition) is 6. The SMILES string of the molecule is COc1cc(OC)cc(C(=O)NNS(=O)(=O)c2cccnc2Cl)c1. The summed E-state index contributed by atoms with van der Waals surface area (Å²) in [5.41, 5.74) is 2.24. The van der Waals surface area contributed by atoms with Crippen LogP contribution in [0.5, 0.6) is 11.5 Å². The molecule has 1 aromatic heterocycles. The lowest BCUT2D eigenvalue weighted by molar-refractivity contribution is 0.0944. The maximum absolute atomic E-state index is 12.1. The molecule has 1 heterocycles. The van der Waals surface area contributed by atoms with Gasteiger partial charge in [0.25, 0.3) is 15.9 Å². The number of ether oxygens (including phenoxy) is 2. The highest BCUT2D eigenvalue weighted by Gasteiger charge is 2.20. The van der Waals surface area contributed by atoms with Gasteiger partial charge in [0.2, 0.25) is 0 Å². The molecule has 0 spiro atoms. The van der Waals surface area contributed by atoms with Crippen LogP contribution in [0.2, 0.25) is 5.15 Å². The second kappa shape index (κ2) is 7.47. The van der Waals surface area contributed by atoms with E-state index in [4.69, 9.17) is 21.1 Å². The van der Waals surface area contributed by atoms with E-state index in [2.05, 4.69) is 10.4 Å². The van der Waals surface area contributed by atoms with Crippen LogP contribution in [-0.4, -0.2) is 33.5 Å². The van der Waals surface area contributed by atoms with E-state index in [1.807, 2.05) is 4.83 Å². The Morgan fingerprint density at radius 2 is 1.79 bits per heavy atom. The molecule has 0 unspecified atom stereocenters. The number of carbonyl (C=O) groups is 1. The fourth-order valence-corrected chi connectivity index (χ4v) is 3.04. The van der Waals surface area contributed by atoms with Gasteiger partial charge < -0.3 is 9.47 Å². The van der Waals surface area contributed by atoms with Gasteiger partial charge in [0.05, 0.1) is 14.2 Å².